The number of nitrogens with two attached hydrogens (primary N) is 1. The van der Waals surface area contributed by atoms with E-state index in [-0.39, 0.29) is 74.3 Å². The SMILES string of the molecule is CC(C)S(=O)(=O)c1ccccc1Nc1nc(Cl)ncc1Cl.COc1ccc(CCNC(=O)C(F)(F)F)cc1N.COc1ccc(CCNC(=O)C(F)(F)F)cc1Nc1ncc(Cl)c(Nc2ccccc2S(=O)(=O)C(C)C)n1. The maximum atomic E-state index is 12.8. The van der Waals surface area contributed by atoms with E-state index in [0.717, 1.165) is 5.56 Å². The Morgan fingerprint density at radius 3 is 1.47 bits per heavy atom. The zero-order valence-electron chi connectivity index (χ0n) is 41.6. The normalized spacial score (nSPS) is 11.6. The molecule has 2 amide bonds. The van der Waals surface area contributed by atoms with Gasteiger partial charge in [-0.2, -0.15) is 36.3 Å². The third-order valence-corrected chi connectivity index (χ3v) is 15.5. The number of rotatable bonds is 18. The molecule has 2 heterocycles. The second kappa shape index (κ2) is 27.4. The van der Waals surface area contributed by atoms with Gasteiger partial charge in [-0.3, -0.25) is 9.59 Å². The van der Waals surface area contributed by atoms with Gasteiger partial charge in [-0.05, 0) is 112 Å². The second-order valence-corrected chi connectivity index (χ2v) is 22.5. The lowest BCUT2D eigenvalue weighted by Crippen LogP contribution is -2.37. The molecule has 6 rings (SSSR count). The van der Waals surface area contributed by atoms with E-state index < -0.39 is 54.3 Å². The fraction of sp³-hybridized carbons (Fsp3) is 0.292. The molecule has 0 saturated heterocycles. The third-order valence-electron chi connectivity index (χ3n) is 10.3. The predicted molar refractivity (Wildman–Crippen MR) is 282 cm³/mol. The molecular weight excluding hydrogens is 1130 g/mol. The standard InChI is InChI=1S/C24H25ClF3N5O4S.C13H13Cl2N3O2S.C11H13F3N2O2/c1-14(2)38(35,36)20-7-5-4-6-17(20)31-21-16(25)13-30-23(33-21)32-18-12-15(8-9-19(18)37-3)10-11-29-22(34)24(26,27)28;1-8(2)21(19,20)11-6-4-3-5-10(11)17-12-9(14)7-16-13(15)18-12;1-18-9-3-2-7(6-8(9)15)4-5-16-10(17)11(12,13)14/h4-9,12-14H,10-11H2,1-3H3,(H,29,34)(H2,30,31,32,33);3-8H,1-2H3,(H,16,17,18);2-3,6H,4-5,15H2,1H3,(H,16,17). The van der Waals surface area contributed by atoms with Crippen LogP contribution in [0, 0.1) is 0 Å². The van der Waals surface area contributed by atoms with Gasteiger partial charge in [-0.25, -0.2) is 26.8 Å². The molecule has 4 aromatic carbocycles. The van der Waals surface area contributed by atoms with Crippen LogP contribution in [0.15, 0.2) is 107 Å². The fourth-order valence-electron chi connectivity index (χ4n) is 6.26. The van der Waals surface area contributed by atoms with Gasteiger partial charge in [0, 0.05) is 13.1 Å². The molecule has 0 bridgehead atoms. The van der Waals surface area contributed by atoms with Crippen molar-refractivity contribution in [3.63, 3.8) is 0 Å². The quantitative estimate of drug-likeness (QED) is 0.0266. The van der Waals surface area contributed by atoms with Crippen molar-refractivity contribution in [1.82, 2.24) is 30.6 Å². The van der Waals surface area contributed by atoms with Gasteiger partial charge in [0.15, 0.2) is 31.3 Å². The van der Waals surface area contributed by atoms with Crippen LogP contribution in [-0.4, -0.2) is 98.7 Å². The number of nitrogens with zero attached hydrogens (tertiary/aromatic N) is 4. The highest BCUT2D eigenvalue weighted by Crippen LogP contribution is 2.34. The molecule has 0 aliphatic rings. The number of anilines is 7. The lowest BCUT2D eigenvalue weighted by atomic mass is 10.1. The van der Waals surface area contributed by atoms with Gasteiger partial charge in [-0.1, -0.05) is 59.6 Å². The van der Waals surface area contributed by atoms with E-state index in [4.69, 9.17) is 50.0 Å². The third kappa shape index (κ3) is 18.1. The average Bonchev–Trinajstić information content (AvgIpc) is 3.36. The summed E-state index contributed by atoms with van der Waals surface area (Å²) in [6, 6.07) is 22.7. The van der Waals surface area contributed by atoms with Crippen LogP contribution in [-0.2, 0) is 42.1 Å². The molecule has 0 radical (unpaired) electrons. The molecule has 0 spiro atoms. The number of nitrogen functional groups attached to an aromatic ring is 1. The van der Waals surface area contributed by atoms with Crippen LogP contribution in [0.1, 0.15) is 38.8 Å². The van der Waals surface area contributed by atoms with Crippen molar-refractivity contribution >= 4 is 107 Å². The minimum absolute atomic E-state index is 0.0195. The number of carbonyl (C=O) groups is 2. The van der Waals surface area contributed by atoms with Crippen molar-refractivity contribution in [1.29, 1.82) is 0 Å². The van der Waals surface area contributed by atoms with Gasteiger partial charge in [0.1, 0.15) is 21.5 Å². The van der Waals surface area contributed by atoms with Gasteiger partial charge in [0.25, 0.3) is 0 Å². The van der Waals surface area contributed by atoms with Crippen molar-refractivity contribution in [3.8, 4) is 11.5 Å². The van der Waals surface area contributed by atoms with Crippen molar-refractivity contribution < 1.29 is 62.2 Å². The first kappa shape index (κ1) is 62.7. The summed E-state index contributed by atoms with van der Waals surface area (Å²) in [6.07, 6.45) is -6.75. The first-order valence-electron chi connectivity index (χ1n) is 22.5. The Hall–Kier alpha value is -6.87. The Balaban J connectivity index is 0.000000276. The molecular formula is C48H51Cl3F6N10O8S2. The van der Waals surface area contributed by atoms with Crippen LogP contribution in [0.4, 0.5) is 66.7 Å². The molecule has 0 atom stereocenters. The monoisotopic (exact) mass is 1180 g/mol. The predicted octanol–water partition coefficient (Wildman–Crippen LogP) is 10.2. The molecule has 0 aliphatic carbocycles. The first-order chi connectivity index (χ1) is 36.0. The average molecular weight is 1180 g/mol. The lowest BCUT2D eigenvalue weighted by Gasteiger charge is -2.16. The Labute approximate surface area is 454 Å². The highest BCUT2D eigenvalue weighted by atomic mass is 35.5. The molecule has 77 heavy (non-hydrogen) atoms. The van der Waals surface area contributed by atoms with Crippen molar-refractivity contribution in [2.24, 2.45) is 0 Å². The number of methoxy groups -OCH3 is 2. The number of hydrogen-bond acceptors (Lipinski definition) is 16. The summed E-state index contributed by atoms with van der Waals surface area (Å²) in [4.78, 5) is 38.0. The number of carbonyl (C=O) groups excluding carboxylic acids is 2. The summed E-state index contributed by atoms with van der Waals surface area (Å²) in [5, 5.41) is 11.6. The van der Waals surface area contributed by atoms with Gasteiger partial charge >= 0.3 is 24.2 Å². The van der Waals surface area contributed by atoms with Crippen LogP contribution in [0.3, 0.4) is 0 Å². The first-order valence-corrected chi connectivity index (χ1v) is 26.7. The summed E-state index contributed by atoms with van der Waals surface area (Å²) < 4.78 is 133. The van der Waals surface area contributed by atoms with Crippen molar-refractivity contribution in [3.05, 3.63) is 124 Å². The van der Waals surface area contributed by atoms with Gasteiger partial charge < -0.3 is 41.8 Å². The molecule has 18 nitrogen and oxygen atoms in total. The number of amides is 2. The van der Waals surface area contributed by atoms with E-state index in [2.05, 4.69) is 35.9 Å². The molecule has 6 aromatic rings. The summed E-state index contributed by atoms with van der Waals surface area (Å²) in [7, 11) is -4.13. The molecule has 0 fully saturated rings. The van der Waals surface area contributed by atoms with Crippen LogP contribution in [0.2, 0.25) is 15.3 Å². The van der Waals surface area contributed by atoms with Crippen LogP contribution in [0.5, 0.6) is 11.5 Å². The van der Waals surface area contributed by atoms with Crippen LogP contribution < -0.4 is 41.8 Å². The summed E-state index contributed by atoms with van der Waals surface area (Å²) in [5.74, 6) is -2.58. The maximum absolute atomic E-state index is 12.8. The number of para-hydroxylation sites is 2. The second-order valence-electron chi connectivity index (χ2n) is 16.4. The molecule has 29 heteroatoms. The smallest absolute Gasteiger partial charge is 0.471 e. The lowest BCUT2D eigenvalue weighted by molar-refractivity contribution is -0.173. The molecule has 0 aliphatic heterocycles. The fourth-order valence-corrected chi connectivity index (χ4v) is 9.07. The molecule has 7 N–H and O–H groups in total. The van der Waals surface area contributed by atoms with E-state index in [1.165, 1.54) is 38.7 Å². The summed E-state index contributed by atoms with van der Waals surface area (Å²) in [5.41, 5.74) is 8.45. The Morgan fingerprint density at radius 1 is 0.597 bits per heavy atom. The van der Waals surface area contributed by atoms with Gasteiger partial charge in [0.2, 0.25) is 11.2 Å². The minimum Gasteiger partial charge on any atom is -0.495 e. The van der Waals surface area contributed by atoms with E-state index in [1.54, 1.807) is 106 Å². The van der Waals surface area contributed by atoms with E-state index in [9.17, 15) is 52.8 Å². The number of hydrogen-bond donors (Lipinski definition) is 6. The highest BCUT2D eigenvalue weighted by molar-refractivity contribution is 7.92. The maximum Gasteiger partial charge on any atom is 0.471 e. The number of aromatic nitrogens is 4. The topological polar surface area (TPSA) is 259 Å². The molecule has 0 unspecified atom stereocenters. The van der Waals surface area contributed by atoms with Crippen LogP contribution >= 0.6 is 34.8 Å². The minimum atomic E-state index is -4.95. The molecule has 416 valence electrons. The number of benzene rings is 4. The zero-order valence-corrected chi connectivity index (χ0v) is 45.5. The largest absolute Gasteiger partial charge is 0.495 e. The number of halogens is 9. The van der Waals surface area contributed by atoms with E-state index in [1.807, 2.05) is 5.32 Å². The van der Waals surface area contributed by atoms with E-state index >= 15 is 0 Å². The molecule has 2 aromatic heterocycles. The highest BCUT2D eigenvalue weighted by Gasteiger charge is 2.39. The number of nitrogens with one attached hydrogen (secondary N) is 5. The van der Waals surface area contributed by atoms with E-state index in [0.29, 0.717) is 34.1 Å². The zero-order chi connectivity index (χ0) is 57.5. The van der Waals surface area contributed by atoms with Crippen molar-refractivity contribution in [2.75, 3.05) is 49.0 Å². The summed E-state index contributed by atoms with van der Waals surface area (Å²) >= 11 is 18.0. The summed E-state index contributed by atoms with van der Waals surface area (Å²) in [6.45, 7) is 6.08. The Morgan fingerprint density at radius 2 is 1.03 bits per heavy atom. The van der Waals surface area contributed by atoms with Crippen molar-refractivity contribution in [2.45, 2.75) is 73.2 Å². The Bertz CT molecular complexity index is 3250. The van der Waals surface area contributed by atoms with Gasteiger partial charge in [-0.15, -0.1) is 0 Å². The van der Waals surface area contributed by atoms with Gasteiger partial charge in [0.05, 0.1) is 69.7 Å². The number of alkyl halides is 6. The molecule has 0 saturated carbocycles. The number of sulfone groups is 2. The number of ether oxygens (including phenoxy) is 2. The van der Waals surface area contributed by atoms with Crippen LogP contribution in [0.25, 0.3) is 0 Å². The Kier molecular flexibility index (Phi) is 22.3.